The van der Waals surface area contributed by atoms with Crippen molar-refractivity contribution in [1.29, 1.82) is 0 Å². The molecule has 0 saturated carbocycles. The molecule has 9 nitrogen and oxygen atoms in total. The van der Waals surface area contributed by atoms with Gasteiger partial charge >= 0.3 is 5.97 Å². The molecule has 1 aliphatic heterocycles. The Balaban J connectivity index is 1.53. The predicted molar refractivity (Wildman–Crippen MR) is 106 cm³/mol. The fourth-order valence-corrected chi connectivity index (χ4v) is 4.27. The molecule has 4 aromatic rings. The van der Waals surface area contributed by atoms with E-state index in [1.807, 2.05) is 12.1 Å². The van der Waals surface area contributed by atoms with Gasteiger partial charge < -0.3 is 19.7 Å². The average molecular weight is 392 g/mol. The third kappa shape index (κ3) is 2.90. The van der Waals surface area contributed by atoms with Crippen molar-refractivity contribution in [2.75, 3.05) is 18.6 Å². The van der Waals surface area contributed by atoms with E-state index in [0.717, 1.165) is 41.8 Å². The smallest absolute Gasteiger partial charge is 0.335 e. The third-order valence-electron chi connectivity index (χ3n) is 5.55. The molecule has 0 radical (unpaired) electrons. The van der Waals surface area contributed by atoms with Crippen LogP contribution in [0.15, 0.2) is 42.9 Å². The summed E-state index contributed by atoms with van der Waals surface area (Å²) in [7, 11) is 1.70. The molecule has 0 spiro atoms. The number of aromatic amines is 1. The summed E-state index contributed by atoms with van der Waals surface area (Å²) in [5.41, 5.74) is 2.08. The van der Waals surface area contributed by atoms with Gasteiger partial charge in [0.05, 0.1) is 11.6 Å². The summed E-state index contributed by atoms with van der Waals surface area (Å²) in [5, 5.41) is 14.4. The first kappa shape index (κ1) is 17.6. The number of ether oxygens (including phenoxy) is 1. The molecule has 1 aromatic carbocycles. The van der Waals surface area contributed by atoms with Crippen LogP contribution in [0.4, 0.5) is 5.82 Å². The van der Waals surface area contributed by atoms with Crippen LogP contribution in [0, 0.1) is 0 Å². The zero-order valence-electron chi connectivity index (χ0n) is 15.8. The number of benzene rings is 1. The van der Waals surface area contributed by atoms with Crippen LogP contribution in [0.5, 0.6) is 0 Å². The number of methoxy groups -OCH3 is 1. The normalized spacial score (nSPS) is 18.0. The molecule has 2 atom stereocenters. The maximum atomic E-state index is 11.3. The summed E-state index contributed by atoms with van der Waals surface area (Å²) in [5.74, 6) is 0.560. The maximum Gasteiger partial charge on any atom is 0.335 e. The molecule has 1 fully saturated rings. The van der Waals surface area contributed by atoms with E-state index in [-0.39, 0.29) is 17.7 Å². The molecule has 0 aliphatic carbocycles. The number of H-pyrrole nitrogens is 1. The summed E-state index contributed by atoms with van der Waals surface area (Å²) < 4.78 is 7.67. The molecule has 148 valence electrons. The Morgan fingerprint density at radius 1 is 1.31 bits per heavy atom. The van der Waals surface area contributed by atoms with Gasteiger partial charge in [-0.2, -0.15) is 14.6 Å². The van der Waals surface area contributed by atoms with Gasteiger partial charge in [-0.05, 0) is 43.2 Å². The molecule has 4 heterocycles. The standard InChI is InChI=1S/C20H20N6O3/c1-29-18(15-10-13-9-12(19(27)28)4-5-14(13)24-15)16-3-2-8-25(16)17-6-7-21-20-22-11-23-26(17)20/h4-7,9-11,16,18,24H,2-3,8H2,1H3,(H,27,28)/t16-,18?/m1/s1. The molecule has 5 rings (SSSR count). The average Bonchev–Trinajstić information content (AvgIpc) is 3.46. The minimum absolute atomic E-state index is 0.0989. The fraction of sp³-hybridized carbons (Fsp3) is 0.300. The van der Waals surface area contributed by atoms with Crippen molar-refractivity contribution in [2.24, 2.45) is 0 Å². The summed E-state index contributed by atoms with van der Waals surface area (Å²) in [4.78, 5) is 25.4. The SMILES string of the molecule is COC(c1cc2cc(C(=O)O)ccc2[nH]1)[C@H]1CCCN1c1ccnc2ncnn12. The number of hydrogen-bond donors (Lipinski definition) is 2. The summed E-state index contributed by atoms with van der Waals surface area (Å²) in [6.45, 7) is 0.882. The fourth-order valence-electron chi connectivity index (χ4n) is 4.27. The molecule has 9 heteroatoms. The number of hydrogen-bond acceptors (Lipinski definition) is 6. The predicted octanol–water partition coefficient (Wildman–Crippen LogP) is 2.66. The monoisotopic (exact) mass is 392 g/mol. The highest BCUT2D eigenvalue weighted by molar-refractivity contribution is 5.93. The van der Waals surface area contributed by atoms with E-state index in [9.17, 15) is 9.90 Å². The summed E-state index contributed by atoms with van der Waals surface area (Å²) in [6.07, 6.45) is 5.04. The number of carboxylic acids is 1. The van der Waals surface area contributed by atoms with Crippen molar-refractivity contribution < 1.29 is 14.6 Å². The lowest BCUT2D eigenvalue weighted by atomic mass is 10.0. The highest BCUT2D eigenvalue weighted by atomic mass is 16.5. The zero-order valence-corrected chi connectivity index (χ0v) is 15.8. The van der Waals surface area contributed by atoms with Crippen LogP contribution in [-0.4, -0.2) is 55.3 Å². The van der Waals surface area contributed by atoms with Gasteiger partial charge in [-0.1, -0.05) is 0 Å². The van der Waals surface area contributed by atoms with Gasteiger partial charge in [-0.3, -0.25) is 0 Å². The molecule has 3 aromatic heterocycles. The molecule has 1 saturated heterocycles. The number of carbonyl (C=O) groups is 1. The van der Waals surface area contributed by atoms with E-state index >= 15 is 0 Å². The van der Waals surface area contributed by atoms with E-state index in [2.05, 4.69) is 25.0 Å². The first-order chi connectivity index (χ1) is 14.2. The van der Waals surface area contributed by atoms with Crippen LogP contribution in [0.3, 0.4) is 0 Å². The number of anilines is 1. The number of fused-ring (bicyclic) bond motifs is 2. The van der Waals surface area contributed by atoms with E-state index in [0.29, 0.717) is 5.78 Å². The Morgan fingerprint density at radius 2 is 2.21 bits per heavy atom. The van der Waals surface area contributed by atoms with E-state index in [1.54, 1.807) is 36.0 Å². The molecule has 0 amide bonds. The van der Waals surface area contributed by atoms with Gasteiger partial charge in [0.25, 0.3) is 5.78 Å². The minimum Gasteiger partial charge on any atom is -0.478 e. The largest absolute Gasteiger partial charge is 0.478 e. The Hall–Kier alpha value is -3.46. The van der Waals surface area contributed by atoms with Crippen LogP contribution in [0.25, 0.3) is 16.7 Å². The number of nitrogens with one attached hydrogen (secondary N) is 1. The van der Waals surface area contributed by atoms with Gasteiger partial charge in [0, 0.05) is 36.4 Å². The molecule has 0 bridgehead atoms. The van der Waals surface area contributed by atoms with Crippen molar-refractivity contribution >= 4 is 28.5 Å². The number of carboxylic acid groups (broad SMARTS) is 1. The van der Waals surface area contributed by atoms with Crippen LogP contribution in [0.1, 0.15) is 35.0 Å². The second kappa shape index (κ2) is 6.85. The topological polar surface area (TPSA) is 109 Å². The van der Waals surface area contributed by atoms with Crippen LogP contribution < -0.4 is 4.90 Å². The first-order valence-corrected chi connectivity index (χ1v) is 9.46. The van der Waals surface area contributed by atoms with Crippen molar-refractivity contribution in [3.8, 4) is 0 Å². The Bertz CT molecular complexity index is 1200. The Labute approximate surface area is 166 Å². The molecule has 1 unspecified atom stereocenters. The molecular weight excluding hydrogens is 372 g/mol. The highest BCUT2D eigenvalue weighted by Crippen LogP contribution is 2.35. The quantitative estimate of drug-likeness (QED) is 0.537. The maximum absolute atomic E-state index is 11.3. The molecular formula is C20H20N6O3. The van der Waals surface area contributed by atoms with Crippen LogP contribution >= 0.6 is 0 Å². The minimum atomic E-state index is -0.936. The van der Waals surface area contributed by atoms with Gasteiger partial charge in [0.1, 0.15) is 18.2 Å². The lowest BCUT2D eigenvalue weighted by molar-refractivity contribution is 0.0697. The zero-order chi connectivity index (χ0) is 20.0. The molecule has 1 aliphatic rings. The van der Waals surface area contributed by atoms with Gasteiger partial charge in [0.15, 0.2) is 0 Å². The number of aromatic carboxylic acids is 1. The van der Waals surface area contributed by atoms with Crippen LogP contribution in [-0.2, 0) is 4.74 Å². The number of nitrogens with zero attached hydrogens (tertiary/aromatic N) is 5. The second-order valence-corrected chi connectivity index (χ2v) is 7.17. The lowest BCUT2D eigenvalue weighted by Crippen LogP contribution is -2.36. The Morgan fingerprint density at radius 3 is 3.03 bits per heavy atom. The van der Waals surface area contributed by atoms with E-state index in [1.165, 1.54) is 6.33 Å². The Kier molecular flexibility index (Phi) is 4.17. The van der Waals surface area contributed by atoms with Crippen molar-refractivity contribution in [3.05, 3.63) is 54.1 Å². The summed E-state index contributed by atoms with van der Waals surface area (Å²) >= 11 is 0. The van der Waals surface area contributed by atoms with Gasteiger partial charge in [-0.15, -0.1) is 0 Å². The number of aromatic nitrogens is 5. The first-order valence-electron chi connectivity index (χ1n) is 9.46. The molecule has 29 heavy (non-hydrogen) atoms. The summed E-state index contributed by atoms with van der Waals surface area (Å²) in [6, 6.07) is 9.09. The van der Waals surface area contributed by atoms with E-state index < -0.39 is 5.97 Å². The molecule has 2 N–H and O–H groups in total. The number of rotatable bonds is 5. The van der Waals surface area contributed by atoms with E-state index in [4.69, 9.17) is 4.74 Å². The van der Waals surface area contributed by atoms with Crippen LogP contribution in [0.2, 0.25) is 0 Å². The van der Waals surface area contributed by atoms with Crippen molar-refractivity contribution in [1.82, 2.24) is 24.6 Å². The van der Waals surface area contributed by atoms with Gasteiger partial charge in [0.2, 0.25) is 0 Å². The van der Waals surface area contributed by atoms with Crippen molar-refractivity contribution in [3.63, 3.8) is 0 Å². The second-order valence-electron chi connectivity index (χ2n) is 7.17. The van der Waals surface area contributed by atoms with Crippen molar-refractivity contribution in [2.45, 2.75) is 25.0 Å². The van der Waals surface area contributed by atoms with Gasteiger partial charge in [-0.25, -0.2) is 9.78 Å². The highest BCUT2D eigenvalue weighted by Gasteiger charge is 2.35. The third-order valence-corrected chi connectivity index (χ3v) is 5.55. The lowest BCUT2D eigenvalue weighted by Gasteiger charge is -2.31.